The van der Waals surface area contributed by atoms with Crippen molar-refractivity contribution in [1.82, 2.24) is 0 Å². The molecule has 0 amide bonds. The molecule has 2 atom stereocenters. The fraction of sp³-hybridized carbons (Fsp3) is 0.412. The van der Waals surface area contributed by atoms with E-state index in [4.69, 9.17) is 9.47 Å². The number of nitrogens with one attached hydrogen (secondary N) is 4. The number of hydrogen-bond donors (Lipinski definition) is 4. The van der Waals surface area contributed by atoms with Gasteiger partial charge < -0.3 is 41.0 Å². The highest BCUT2D eigenvalue weighted by atomic mass is 16.5. The van der Waals surface area contributed by atoms with E-state index < -0.39 is 24.0 Å². The molecular weight excluding hydrogens is 528 g/mol. The van der Waals surface area contributed by atoms with Gasteiger partial charge in [0.15, 0.2) is 0 Å². The van der Waals surface area contributed by atoms with Gasteiger partial charge in [-0.1, -0.05) is 38.1 Å². The van der Waals surface area contributed by atoms with Gasteiger partial charge in [0.1, 0.15) is 22.8 Å². The van der Waals surface area contributed by atoms with Gasteiger partial charge in [-0.3, -0.25) is 0 Å². The Kier molecular flexibility index (Phi) is 5.98. The summed E-state index contributed by atoms with van der Waals surface area (Å²) in [6.45, 7) is 8.42. The van der Waals surface area contributed by atoms with Crippen molar-refractivity contribution in [3.63, 3.8) is 0 Å². The predicted molar refractivity (Wildman–Crippen MR) is 166 cm³/mol. The Hall–Kier alpha value is -3.88. The molecule has 1 aliphatic carbocycles. The number of anilines is 4. The van der Waals surface area contributed by atoms with Gasteiger partial charge in [-0.15, -0.1) is 12.2 Å². The largest absolute Gasteiger partial charge is 0.851 e. The Labute approximate surface area is 246 Å². The van der Waals surface area contributed by atoms with Gasteiger partial charge >= 0.3 is 0 Å². The van der Waals surface area contributed by atoms with E-state index in [2.05, 4.69) is 55.0 Å². The van der Waals surface area contributed by atoms with Gasteiger partial charge in [0.2, 0.25) is 0 Å². The highest BCUT2D eigenvalue weighted by molar-refractivity contribution is 6.10. The molecule has 1 saturated carbocycles. The highest BCUT2D eigenvalue weighted by Crippen LogP contribution is 2.55. The fourth-order valence-corrected chi connectivity index (χ4v) is 7.48. The first-order valence-corrected chi connectivity index (χ1v) is 14.9. The molecule has 4 aromatic carbocycles. The van der Waals surface area contributed by atoms with Gasteiger partial charge in [0.05, 0.1) is 25.6 Å². The lowest BCUT2D eigenvalue weighted by Gasteiger charge is -2.62. The molecule has 0 bridgehead atoms. The molecule has 0 radical (unpaired) electrons. The van der Waals surface area contributed by atoms with Crippen LogP contribution in [0.4, 0.5) is 22.7 Å². The lowest BCUT2D eigenvalue weighted by molar-refractivity contribution is -0.535. The number of benzene rings is 4. The third-order valence-corrected chi connectivity index (χ3v) is 9.72. The fourth-order valence-electron chi connectivity index (χ4n) is 7.48. The molecule has 42 heavy (non-hydrogen) atoms. The second-order valence-corrected chi connectivity index (χ2v) is 12.4. The van der Waals surface area contributed by atoms with Crippen molar-refractivity contribution < 1.29 is 19.7 Å². The van der Waals surface area contributed by atoms with Crippen LogP contribution in [0.5, 0.6) is 11.5 Å². The summed E-state index contributed by atoms with van der Waals surface area (Å²) in [4.78, 5) is 0. The van der Waals surface area contributed by atoms with E-state index in [1.54, 1.807) is 14.2 Å². The maximum absolute atomic E-state index is 14.2. The van der Waals surface area contributed by atoms with Gasteiger partial charge in [-0.05, 0) is 84.7 Å². The first-order chi connectivity index (χ1) is 20.2. The van der Waals surface area contributed by atoms with E-state index in [1.165, 1.54) is 0 Å². The molecule has 0 aromatic heterocycles. The monoisotopic (exact) mass is 566 g/mol. The van der Waals surface area contributed by atoms with Crippen molar-refractivity contribution in [2.24, 2.45) is 0 Å². The first-order valence-electron chi connectivity index (χ1n) is 14.9. The topological polar surface area (TPSA) is 113 Å². The van der Waals surface area contributed by atoms with E-state index in [1.807, 2.05) is 42.5 Å². The molecule has 2 aliphatic heterocycles. The standard InChI is InChI=1S/C34H38N4O4/c1-7-34(8-2)36-22-14-10-12-18-20(16-24(42-6)30(38-34)26(18)22)28-31(39)27(32(28)40)19-15-23(41-5)29-25-17(19)11-9-13-21(25)35-33(3,4)37-29/h9-16,27-28,31-32,35-38H,7-8H2,1-6H3/q-2. The van der Waals surface area contributed by atoms with Crippen LogP contribution >= 0.6 is 0 Å². The molecule has 4 N–H and O–H groups in total. The average Bonchev–Trinajstić information content (AvgIpc) is 2.98. The zero-order valence-electron chi connectivity index (χ0n) is 25.0. The molecule has 8 heteroatoms. The molecular formula is C34H38N4O4-2. The van der Waals surface area contributed by atoms with Gasteiger partial charge in [-0.2, -0.15) is 0 Å². The molecule has 2 heterocycles. The van der Waals surface area contributed by atoms with Gasteiger partial charge in [-0.25, -0.2) is 0 Å². The van der Waals surface area contributed by atoms with Crippen molar-refractivity contribution in [3.8, 4) is 11.5 Å². The van der Waals surface area contributed by atoms with Crippen LogP contribution in [0.2, 0.25) is 0 Å². The average molecular weight is 567 g/mol. The summed E-state index contributed by atoms with van der Waals surface area (Å²) in [5.74, 6) is -0.116. The maximum atomic E-state index is 14.2. The number of methoxy groups -OCH3 is 2. The van der Waals surface area contributed by atoms with Crippen LogP contribution < -0.4 is 41.0 Å². The molecule has 0 spiro atoms. The molecule has 1 fully saturated rings. The van der Waals surface area contributed by atoms with Crippen molar-refractivity contribution in [3.05, 3.63) is 59.7 Å². The van der Waals surface area contributed by atoms with Crippen molar-refractivity contribution >= 4 is 44.3 Å². The molecule has 2 unspecified atom stereocenters. The minimum Gasteiger partial charge on any atom is -0.851 e. The van der Waals surface area contributed by atoms with Crippen LogP contribution in [0.1, 0.15) is 63.5 Å². The smallest absolute Gasteiger partial charge is 0.143 e. The molecule has 8 nitrogen and oxygen atoms in total. The van der Waals surface area contributed by atoms with Crippen LogP contribution in [0.3, 0.4) is 0 Å². The van der Waals surface area contributed by atoms with Crippen molar-refractivity contribution in [2.75, 3.05) is 35.5 Å². The van der Waals surface area contributed by atoms with E-state index in [0.717, 1.165) is 68.3 Å². The van der Waals surface area contributed by atoms with Gasteiger partial charge in [0.25, 0.3) is 0 Å². The Morgan fingerprint density at radius 3 is 1.64 bits per heavy atom. The maximum Gasteiger partial charge on any atom is 0.143 e. The predicted octanol–water partition coefficient (Wildman–Crippen LogP) is 5.28. The van der Waals surface area contributed by atoms with Crippen LogP contribution in [-0.4, -0.2) is 37.8 Å². The second-order valence-electron chi connectivity index (χ2n) is 12.4. The van der Waals surface area contributed by atoms with Crippen LogP contribution in [-0.2, 0) is 0 Å². The van der Waals surface area contributed by atoms with Crippen LogP contribution in [0.25, 0.3) is 21.5 Å². The van der Waals surface area contributed by atoms with Crippen molar-refractivity contribution in [2.45, 2.75) is 75.9 Å². The number of ether oxygens (including phenoxy) is 2. The number of rotatable bonds is 6. The van der Waals surface area contributed by atoms with Crippen LogP contribution in [0.15, 0.2) is 48.5 Å². The minimum atomic E-state index is -1.12. The van der Waals surface area contributed by atoms with Crippen molar-refractivity contribution in [1.29, 1.82) is 0 Å². The Balaban J connectivity index is 1.34. The Morgan fingerprint density at radius 1 is 0.690 bits per heavy atom. The zero-order chi connectivity index (χ0) is 29.6. The van der Waals surface area contributed by atoms with E-state index >= 15 is 0 Å². The summed E-state index contributed by atoms with van der Waals surface area (Å²) in [5, 5.41) is 46.6. The minimum absolute atomic E-state index is 0.299. The molecule has 3 aliphatic rings. The lowest BCUT2D eigenvalue weighted by atomic mass is 9.62. The second kappa shape index (κ2) is 9.31. The summed E-state index contributed by atoms with van der Waals surface area (Å²) >= 11 is 0. The Bertz CT molecular complexity index is 1720. The zero-order valence-corrected chi connectivity index (χ0v) is 25.0. The van der Waals surface area contributed by atoms with E-state index in [0.29, 0.717) is 11.5 Å². The quantitative estimate of drug-likeness (QED) is 0.250. The highest BCUT2D eigenvalue weighted by Gasteiger charge is 2.42. The third kappa shape index (κ3) is 3.67. The summed E-state index contributed by atoms with van der Waals surface area (Å²) < 4.78 is 11.7. The molecule has 7 rings (SSSR count). The summed E-state index contributed by atoms with van der Waals surface area (Å²) in [5.41, 5.74) is 4.55. The van der Waals surface area contributed by atoms with Gasteiger partial charge in [0, 0.05) is 22.1 Å². The summed E-state index contributed by atoms with van der Waals surface area (Å²) in [6.07, 6.45) is -0.487. The van der Waals surface area contributed by atoms with E-state index in [-0.39, 0.29) is 11.3 Å². The molecule has 220 valence electrons. The summed E-state index contributed by atoms with van der Waals surface area (Å²) in [6, 6.07) is 15.9. The van der Waals surface area contributed by atoms with E-state index in [9.17, 15) is 10.2 Å². The third-order valence-electron chi connectivity index (χ3n) is 9.72. The first kappa shape index (κ1) is 27.0. The summed E-state index contributed by atoms with van der Waals surface area (Å²) in [7, 11) is 3.27. The molecule has 4 aromatic rings. The van der Waals surface area contributed by atoms with Crippen LogP contribution in [0, 0.1) is 0 Å². The molecule has 0 saturated heterocycles. The normalized spacial score (nSPS) is 24.6. The Morgan fingerprint density at radius 2 is 1.17 bits per heavy atom. The number of hydrogen-bond acceptors (Lipinski definition) is 8. The lowest BCUT2D eigenvalue weighted by Crippen LogP contribution is -2.63. The SMILES string of the molecule is CCC1(CC)Nc2cccc3c(C4C([O-])C(c5cc(OC)c6c7c(cccc57)NC(C)(C)N6)C4[O-])cc(OC)c(c23)N1.